The van der Waals surface area contributed by atoms with Crippen LogP contribution in [0.5, 0.6) is 0 Å². The van der Waals surface area contributed by atoms with Crippen LogP contribution in [0.3, 0.4) is 0 Å². The average molecular weight is 315 g/mol. The first-order valence-electron chi connectivity index (χ1n) is 8.58. The fourth-order valence-corrected chi connectivity index (χ4v) is 3.40. The number of nitrogens with one attached hydrogen (secondary N) is 1. The van der Waals surface area contributed by atoms with Gasteiger partial charge in [-0.1, -0.05) is 30.3 Å². The number of carbonyl (C=O) groups excluding carboxylic acids is 2. The number of carbonyl (C=O) groups is 2. The summed E-state index contributed by atoms with van der Waals surface area (Å²) in [7, 11) is 0. The molecule has 1 N–H and O–H groups in total. The summed E-state index contributed by atoms with van der Waals surface area (Å²) in [6, 6.07) is 10.5. The number of nitrogens with zero attached hydrogens (tertiary/aromatic N) is 2. The average Bonchev–Trinajstić information content (AvgIpc) is 3.01. The van der Waals surface area contributed by atoms with Crippen LogP contribution in [-0.4, -0.2) is 54.3 Å². The molecule has 1 aromatic rings. The van der Waals surface area contributed by atoms with Gasteiger partial charge in [0.1, 0.15) is 0 Å². The highest BCUT2D eigenvalue weighted by Crippen LogP contribution is 2.18. The number of benzene rings is 1. The van der Waals surface area contributed by atoms with Gasteiger partial charge in [-0.05, 0) is 18.4 Å². The third kappa shape index (κ3) is 4.10. The first-order valence-corrected chi connectivity index (χ1v) is 8.58. The Bertz CT molecular complexity index is 546. The molecule has 0 spiro atoms. The van der Waals surface area contributed by atoms with Crippen LogP contribution in [-0.2, 0) is 9.59 Å². The number of hydrogen-bond acceptors (Lipinski definition) is 3. The predicted molar refractivity (Wildman–Crippen MR) is 88.8 cm³/mol. The van der Waals surface area contributed by atoms with E-state index in [-0.39, 0.29) is 17.9 Å². The van der Waals surface area contributed by atoms with Crippen LogP contribution < -0.4 is 5.32 Å². The number of piperazine rings is 1. The molecular weight excluding hydrogens is 290 g/mol. The Hall–Kier alpha value is -1.88. The van der Waals surface area contributed by atoms with Gasteiger partial charge in [0.25, 0.3) is 0 Å². The Balaban J connectivity index is 1.46. The fraction of sp³-hybridized carbons (Fsp3) is 0.556. The van der Waals surface area contributed by atoms with Crippen molar-refractivity contribution in [2.24, 2.45) is 0 Å². The second-order valence-corrected chi connectivity index (χ2v) is 6.35. The molecule has 2 saturated heterocycles. The third-order valence-electron chi connectivity index (χ3n) is 4.72. The second kappa shape index (κ2) is 7.59. The molecule has 5 heteroatoms. The molecule has 0 radical (unpaired) electrons. The highest BCUT2D eigenvalue weighted by molar-refractivity contribution is 5.78. The highest BCUT2D eigenvalue weighted by atomic mass is 16.2. The normalized spacial score (nSPS) is 21.7. The van der Waals surface area contributed by atoms with Crippen molar-refractivity contribution in [2.75, 3.05) is 32.7 Å². The van der Waals surface area contributed by atoms with E-state index in [2.05, 4.69) is 17.4 Å². The summed E-state index contributed by atoms with van der Waals surface area (Å²) in [5.41, 5.74) is 1.23. The monoisotopic (exact) mass is 315 g/mol. The van der Waals surface area contributed by atoms with Crippen molar-refractivity contribution < 1.29 is 9.59 Å². The minimum Gasteiger partial charge on any atom is -0.343 e. The number of likely N-dealkylation sites (tertiary alicyclic amines) is 1. The van der Waals surface area contributed by atoms with E-state index in [0.29, 0.717) is 12.8 Å². The lowest BCUT2D eigenvalue weighted by molar-refractivity contribution is -0.133. The zero-order chi connectivity index (χ0) is 16.1. The minimum absolute atomic E-state index is 0.207. The number of hydrogen-bond donors (Lipinski definition) is 1. The van der Waals surface area contributed by atoms with Gasteiger partial charge >= 0.3 is 0 Å². The van der Waals surface area contributed by atoms with Crippen LogP contribution in [0.2, 0.25) is 0 Å². The standard InChI is InChI=1S/C18H25N3O2/c22-17-8-4-11-20(17)12-5-9-18(23)21-13-10-19-16(14-21)15-6-2-1-3-7-15/h1-3,6-7,16,19H,4-5,8-14H2/t16-/m0/s1. The molecule has 23 heavy (non-hydrogen) atoms. The van der Waals surface area contributed by atoms with Gasteiger partial charge in [-0.15, -0.1) is 0 Å². The molecule has 0 saturated carbocycles. The van der Waals surface area contributed by atoms with Crippen LogP contribution in [0.25, 0.3) is 0 Å². The van der Waals surface area contributed by atoms with Gasteiger partial charge in [0.15, 0.2) is 0 Å². The first kappa shape index (κ1) is 16.0. The molecule has 5 nitrogen and oxygen atoms in total. The van der Waals surface area contributed by atoms with Crippen molar-refractivity contribution in [1.82, 2.24) is 15.1 Å². The lowest BCUT2D eigenvalue weighted by Crippen LogP contribution is -2.48. The molecular formula is C18H25N3O2. The molecule has 2 heterocycles. The molecule has 0 bridgehead atoms. The van der Waals surface area contributed by atoms with Gasteiger partial charge in [-0.3, -0.25) is 9.59 Å². The summed E-state index contributed by atoms with van der Waals surface area (Å²) in [5, 5.41) is 3.48. The molecule has 0 aliphatic carbocycles. The number of rotatable bonds is 5. The van der Waals surface area contributed by atoms with Gasteiger partial charge in [-0.25, -0.2) is 0 Å². The smallest absolute Gasteiger partial charge is 0.222 e. The fourth-order valence-electron chi connectivity index (χ4n) is 3.40. The van der Waals surface area contributed by atoms with E-state index in [1.807, 2.05) is 28.0 Å². The molecule has 0 unspecified atom stereocenters. The van der Waals surface area contributed by atoms with Gasteiger partial charge < -0.3 is 15.1 Å². The third-order valence-corrected chi connectivity index (χ3v) is 4.72. The van der Waals surface area contributed by atoms with E-state index in [1.165, 1.54) is 5.56 Å². The molecule has 3 rings (SSSR count). The Labute approximate surface area is 137 Å². The van der Waals surface area contributed by atoms with Crippen molar-refractivity contribution in [2.45, 2.75) is 31.7 Å². The quantitative estimate of drug-likeness (QED) is 0.897. The zero-order valence-corrected chi connectivity index (χ0v) is 13.5. The Kier molecular flexibility index (Phi) is 5.28. The Morgan fingerprint density at radius 1 is 1.22 bits per heavy atom. The number of amides is 2. The Morgan fingerprint density at radius 3 is 2.78 bits per heavy atom. The van der Waals surface area contributed by atoms with Crippen LogP contribution in [0.15, 0.2) is 30.3 Å². The molecule has 124 valence electrons. The minimum atomic E-state index is 0.207. The molecule has 1 aromatic carbocycles. The summed E-state index contributed by atoms with van der Waals surface area (Å²) in [4.78, 5) is 27.8. The van der Waals surface area contributed by atoms with Crippen molar-refractivity contribution in [1.29, 1.82) is 0 Å². The second-order valence-electron chi connectivity index (χ2n) is 6.35. The molecule has 1 atom stereocenters. The van der Waals surface area contributed by atoms with Gasteiger partial charge in [0, 0.05) is 51.6 Å². The van der Waals surface area contributed by atoms with Crippen LogP contribution in [0.1, 0.15) is 37.3 Å². The molecule has 2 aliphatic heterocycles. The SMILES string of the molecule is O=C1CCCN1CCCC(=O)N1CCN[C@H](c2ccccc2)C1. The van der Waals surface area contributed by atoms with Gasteiger partial charge in [0.05, 0.1) is 0 Å². The maximum Gasteiger partial charge on any atom is 0.222 e. The zero-order valence-electron chi connectivity index (χ0n) is 13.5. The molecule has 0 aromatic heterocycles. The van der Waals surface area contributed by atoms with Crippen LogP contribution in [0, 0.1) is 0 Å². The van der Waals surface area contributed by atoms with E-state index in [4.69, 9.17) is 0 Å². The lowest BCUT2D eigenvalue weighted by atomic mass is 10.0. The van der Waals surface area contributed by atoms with Crippen molar-refractivity contribution in [3.05, 3.63) is 35.9 Å². The van der Waals surface area contributed by atoms with Crippen LogP contribution in [0.4, 0.5) is 0 Å². The first-order chi connectivity index (χ1) is 11.2. The van der Waals surface area contributed by atoms with Gasteiger partial charge in [0.2, 0.25) is 11.8 Å². The maximum absolute atomic E-state index is 12.4. The van der Waals surface area contributed by atoms with E-state index >= 15 is 0 Å². The summed E-state index contributed by atoms with van der Waals surface area (Å²) in [5.74, 6) is 0.447. The van der Waals surface area contributed by atoms with Crippen molar-refractivity contribution >= 4 is 11.8 Å². The van der Waals surface area contributed by atoms with Gasteiger partial charge in [-0.2, -0.15) is 0 Å². The molecule has 2 amide bonds. The largest absolute Gasteiger partial charge is 0.343 e. The van der Waals surface area contributed by atoms with Crippen molar-refractivity contribution in [3.8, 4) is 0 Å². The molecule has 2 aliphatic rings. The lowest BCUT2D eigenvalue weighted by Gasteiger charge is -2.34. The van der Waals surface area contributed by atoms with Crippen LogP contribution >= 0.6 is 0 Å². The molecule has 2 fully saturated rings. The van der Waals surface area contributed by atoms with E-state index in [1.54, 1.807) is 0 Å². The van der Waals surface area contributed by atoms with E-state index < -0.39 is 0 Å². The predicted octanol–water partition coefficient (Wildman–Crippen LogP) is 1.56. The Morgan fingerprint density at radius 2 is 2.04 bits per heavy atom. The summed E-state index contributed by atoms with van der Waals surface area (Å²) < 4.78 is 0. The summed E-state index contributed by atoms with van der Waals surface area (Å²) >= 11 is 0. The highest BCUT2D eigenvalue weighted by Gasteiger charge is 2.24. The van der Waals surface area contributed by atoms with Crippen molar-refractivity contribution in [3.63, 3.8) is 0 Å². The topological polar surface area (TPSA) is 52.7 Å². The summed E-state index contributed by atoms with van der Waals surface area (Å²) in [6.07, 6.45) is 2.93. The summed E-state index contributed by atoms with van der Waals surface area (Å²) in [6.45, 7) is 3.90. The van der Waals surface area contributed by atoms with E-state index in [0.717, 1.165) is 45.6 Å². The maximum atomic E-state index is 12.4. The van der Waals surface area contributed by atoms with E-state index in [9.17, 15) is 9.59 Å².